The van der Waals surface area contributed by atoms with Crippen LogP contribution in [0.3, 0.4) is 0 Å². The van der Waals surface area contributed by atoms with E-state index >= 15 is 0 Å². The first-order chi connectivity index (χ1) is 14.6. The summed E-state index contributed by atoms with van der Waals surface area (Å²) in [6, 6.07) is 4.89. The number of amides is 2. The second-order valence-electron chi connectivity index (χ2n) is 7.03. The van der Waals surface area contributed by atoms with Gasteiger partial charge in [0, 0.05) is 26.1 Å². The van der Waals surface area contributed by atoms with Crippen molar-refractivity contribution in [1.82, 2.24) is 14.8 Å². The van der Waals surface area contributed by atoms with Gasteiger partial charge >= 0.3 is 6.03 Å². The fraction of sp³-hybridized carbons (Fsp3) is 0.400. The third-order valence-electron chi connectivity index (χ3n) is 4.66. The van der Waals surface area contributed by atoms with Crippen LogP contribution in [0.4, 0.5) is 10.5 Å². The highest BCUT2D eigenvalue weighted by Gasteiger charge is 2.19. The summed E-state index contributed by atoms with van der Waals surface area (Å²) in [5.41, 5.74) is 4.29. The summed E-state index contributed by atoms with van der Waals surface area (Å²) in [5, 5.41) is 15.2. The number of anilines is 1. The predicted molar refractivity (Wildman–Crippen MR) is 123 cm³/mol. The fourth-order valence-electron chi connectivity index (χ4n) is 2.95. The highest BCUT2D eigenvalue weighted by Crippen LogP contribution is 2.24. The number of benzene rings is 1. The van der Waals surface area contributed by atoms with E-state index in [4.69, 9.17) is 28.0 Å². The molecule has 0 fully saturated rings. The first-order valence-corrected chi connectivity index (χ1v) is 10.0. The van der Waals surface area contributed by atoms with Gasteiger partial charge in [-0.25, -0.2) is 21.5 Å². The van der Waals surface area contributed by atoms with E-state index in [0.29, 0.717) is 28.9 Å². The lowest BCUT2D eigenvalue weighted by molar-refractivity contribution is 0.216. The lowest BCUT2D eigenvalue weighted by Crippen LogP contribution is -2.49. The van der Waals surface area contributed by atoms with E-state index in [-0.39, 0.29) is 6.61 Å². The van der Waals surface area contributed by atoms with E-state index in [1.165, 1.54) is 7.05 Å². The highest BCUT2D eigenvalue weighted by molar-refractivity contribution is 6.33. The molecule has 0 aliphatic carbocycles. The summed E-state index contributed by atoms with van der Waals surface area (Å²) in [4.78, 5) is 12.2. The topological polar surface area (TPSA) is 127 Å². The molecule has 2 aromatic rings. The van der Waals surface area contributed by atoms with Crippen molar-refractivity contribution in [1.29, 1.82) is 0 Å². The summed E-state index contributed by atoms with van der Waals surface area (Å²) >= 11 is 6.30. The lowest BCUT2D eigenvalue weighted by atomic mass is 10.1. The number of rotatable bonds is 6. The van der Waals surface area contributed by atoms with Crippen molar-refractivity contribution in [2.24, 2.45) is 28.9 Å². The first kappa shape index (κ1) is 24.3. The standard InChI is InChI=1S/C20H29ClN8O2/c1-7-17(25-24-13(3)18-14(4)26-28(6)19(18)21)31-11-15-12(2)9-8-10-16(15)29(23)20(30)27(5)22/h8-10H,7,11,22-23H2,1-6H3/b24-13?,25-17-. The first-order valence-electron chi connectivity index (χ1n) is 9.67. The molecular weight excluding hydrogens is 420 g/mol. The Bertz CT molecular complexity index is 1010. The van der Waals surface area contributed by atoms with Gasteiger partial charge in [-0.3, -0.25) is 9.69 Å². The number of carbonyl (C=O) groups excluding carboxylic acids is 1. The number of ether oxygens (including phenoxy) is 1. The third kappa shape index (κ3) is 5.60. The summed E-state index contributed by atoms with van der Waals surface area (Å²) in [7, 11) is 3.19. The molecule has 1 aromatic carbocycles. The minimum atomic E-state index is -0.555. The molecule has 0 unspecified atom stereocenters. The monoisotopic (exact) mass is 448 g/mol. The molecule has 1 aromatic heterocycles. The number of nitrogens with two attached hydrogens (primary N) is 2. The van der Waals surface area contributed by atoms with Crippen molar-refractivity contribution in [3.8, 4) is 0 Å². The van der Waals surface area contributed by atoms with Gasteiger partial charge in [0.15, 0.2) is 0 Å². The van der Waals surface area contributed by atoms with Crippen LogP contribution < -0.4 is 16.7 Å². The molecule has 4 N–H and O–H groups in total. The molecule has 0 aliphatic rings. The number of urea groups is 1. The molecule has 2 amide bonds. The number of hydrazine groups is 2. The Hall–Kier alpha value is -2.95. The van der Waals surface area contributed by atoms with Crippen molar-refractivity contribution in [2.75, 3.05) is 12.1 Å². The smallest absolute Gasteiger partial charge is 0.352 e. The van der Waals surface area contributed by atoms with Gasteiger partial charge in [0.25, 0.3) is 0 Å². The van der Waals surface area contributed by atoms with E-state index in [2.05, 4.69) is 15.3 Å². The molecule has 0 bridgehead atoms. The molecule has 0 spiro atoms. The molecule has 168 valence electrons. The van der Waals surface area contributed by atoms with Crippen LogP contribution in [0.25, 0.3) is 0 Å². The molecule has 0 radical (unpaired) electrons. The second kappa shape index (κ2) is 10.4. The number of hydrogen-bond acceptors (Lipinski definition) is 7. The zero-order valence-electron chi connectivity index (χ0n) is 18.7. The van der Waals surface area contributed by atoms with Crippen LogP contribution in [-0.4, -0.2) is 39.5 Å². The number of nitrogens with zero attached hydrogens (tertiary/aromatic N) is 6. The van der Waals surface area contributed by atoms with Crippen molar-refractivity contribution in [3.63, 3.8) is 0 Å². The van der Waals surface area contributed by atoms with Crippen LogP contribution in [0.1, 0.15) is 42.7 Å². The minimum Gasteiger partial charge on any atom is -0.475 e. The van der Waals surface area contributed by atoms with Gasteiger partial charge in [0.1, 0.15) is 11.8 Å². The van der Waals surface area contributed by atoms with Crippen LogP contribution in [0.2, 0.25) is 5.15 Å². The number of aryl methyl sites for hydroxylation is 3. The highest BCUT2D eigenvalue weighted by atomic mass is 35.5. The van der Waals surface area contributed by atoms with Gasteiger partial charge in [0.05, 0.1) is 22.7 Å². The average Bonchev–Trinajstić information content (AvgIpc) is 2.98. The molecule has 0 saturated carbocycles. The molecule has 2 rings (SSSR count). The van der Waals surface area contributed by atoms with Gasteiger partial charge in [-0.2, -0.15) is 10.2 Å². The molecule has 31 heavy (non-hydrogen) atoms. The van der Waals surface area contributed by atoms with Gasteiger partial charge in [-0.1, -0.05) is 30.7 Å². The Morgan fingerprint density at radius 1 is 1.29 bits per heavy atom. The van der Waals surface area contributed by atoms with Crippen molar-refractivity contribution >= 4 is 34.9 Å². The van der Waals surface area contributed by atoms with Crippen LogP contribution in [0.15, 0.2) is 28.4 Å². The Morgan fingerprint density at radius 2 is 1.97 bits per heavy atom. The number of halogens is 1. The zero-order chi connectivity index (χ0) is 23.3. The van der Waals surface area contributed by atoms with Crippen LogP contribution in [0, 0.1) is 13.8 Å². The largest absolute Gasteiger partial charge is 0.475 e. The third-order valence-corrected chi connectivity index (χ3v) is 5.10. The Balaban J connectivity index is 2.25. The summed E-state index contributed by atoms with van der Waals surface area (Å²) in [6.45, 7) is 7.65. The van der Waals surface area contributed by atoms with E-state index in [9.17, 15) is 4.79 Å². The predicted octanol–water partition coefficient (Wildman–Crippen LogP) is 3.05. The van der Waals surface area contributed by atoms with E-state index in [1.807, 2.05) is 33.8 Å². The van der Waals surface area contributed by atoms with Crippen molar-refractivity contribution in [3.05, 3.63) is 45.7 Å². The molecule has 0 saturated heterocycles. The maximum atomic E-state index is 12.2. The zero-order valence-corrected chi connectivity index (χ0v) is 19.4. The van der Waals surface area contributed by atoms with Crippen LogP contribution >= 0.6 is 11.6 Å². The number of aromatic nitrogens is 2. The molecule has 0 aliphatic heterocycles. The second-order valence-corrected chi connectivity index (χ2v) is 7.39. The summed E-state index contributed by atoms with van der Waals surface area (Å²) < 4.78 is 7.48. The summed E-state index contributed by atoms with van der Waals surface area (Å²) in [6.07, 6.45) is 0.522. The lowest BCUT2D eigenvalue weighted by Gasteiger charge is -2.24. The fourth-order valence-corrected chi connectivity index (χ4v) is 3.26. The molecule has 10 nitrogen and oxygen atoms in total. The minimum absolute atomic E-state index is 0.158. The number of hydrogen-bond donors (Lipinski definition) is 2. The molecule has 1 heterocycles. The van der Waals surface area contributed by atoms with E-state index in [1.54, 1.807) is 23.9 Å². The molecular formula is C20H29ClN8O2. The Labute approximate surface area is 187 Å². The molecule has 0 atom stereocenters. The Kier molecular flexibility index (Phi) is 8.14. The van der Waals surface area contributed by atoms with Crippen molar-refractivity contribution in [2.45, 2.75) is 40.7 Å². The van der Waals surface area contributed by atoms with Crippen LogP contribution in [-0.2, 0) is 18.4 Å². The number of carbonyl (C=O) groups is 1. The molecule has 11 heteroatoms. The van der Waals surface area contributed by atoms with Crippen LogP contribution in [0.5, 0.6) is 0 Å². The van der Waals surface area contributed by atoms with E-state index < -0.39 is 6.03 Å². The maximum absolute atomic E-state index is 12.2. The van der Waals surface area contributed by atoms with Gasteiger partial charge in [0.2, 0.25) is 5.90 Å². The normalized spacial score (nSPS) is 12.2. The van der Waals surface area contributed by atoms with E-state index in [0.717, 1.165) is 32.4 Å². The van der Waals surface area contributed by atoms with Gasteiger partial charge < -0.3 is 4.74 Å². The maximum Gasteiger partial charge on any atom is 0.352 e. The van der Waals surface area contributed by atoms with Gasteiger partial charge in [-0.15, -0.1) is 5.10 Å². The Morgan fingerprint density at radius 3 is 2.52 bits per heavy atom. The average molecular weight is 449 g/mol. The quantitative estimate of drug-likeness (QED) is 0.231. The van der Waals surface area contributed by atoms with Crippen molar-refractivity contribution < 1.29 is 9.53 Å². The summed E-state index contributed by atoms with van der Waals surface area (Å²) in [5.74, 6) is 11.9. The van der Waals surface area contributed by atoms with Gasteiger partial charge in [-0.05, 0) is 32.4 Å². The SMILES string of the molecule is CC/C(=N/N=C(C)c1c(C)nn(C)c1Cl)OCc1c(C)cccc1N(N)C(=O)N(C)N.